The molecule has 1 aliphatic heterocycles. The third-order valence-electron chi connectivity index (χ3n) is 4.90. The van der Waals surface area contributed by atoms with E-state index in [-0.39, 0.29) is 11.5 Å². The van der Waals surface area contributed by atoms with Crippen LogP contribution in [0.5, 0.6) is 0 Å². The highest BCUT2D eigenvalue weighted by atomic mass is 32.2. The van der Waals surface area contributed by atoms with Crippen LogP contribution in [0.25, 0.3) is 0 Å². The number of sulfonamides is 1. The van der Waals surface area contributed by atoms with Gasteiger partial charge in [0.1, 0.15) is 0 Å². The zero-order chi connectivity index (χ0) is 15.1. The predicted octanol–water partition coefficient (Wildman–Crippen LogP) is 2.90. The summed E-state index contributed by atoms with van der Waals surface area (Å²) >= 11 is 0. The van der Waals surface area contributed by atoms with Gasteiger partial charge in [0, 0.05) is 18.3 Å². The Morgan fingerprint density at radius 3 is 2.81 bits per heavy atom. The van der Waals surface area contributed by atoms with Crippen molar-refractivity contribution in [3.8, 4) is 0 Å². The average Bonchev–Trinajstić information content (AvgIpc) is 2.76. The number of rotatable bonds is 3. The fraction of sp³-hybridized carbons (Fsp3) is 0.625. The van der Waals surface area contributed by atoms with Crippen molar-refractivity contribution in [3.63, 3.8) is 0 Å². The smallest absolute Gasteiger partial charge is 0.241 e. The molecule has 2 aliphatic rings. The van der Waals surface area contributed by atoms with Gasteiger partial charge in [0.05, 0.1) is 4.90 Å². The van der Waals surface area contributed by atoms with Crippen LogP contribution in [0.4, 0.5) is 5.69 Å². The van der Waals surface area contributed by atoms with Gasteiger partial charge in [-0.15, -0.1) is 0 Å². The first-order valence-corrected chi connectivity index (χ1v) is 9.27. The zero-order valence-electron chi connectivity index (χ0n) is 12.8. The minimum absolute atomic E-state index is 0.0369. The van der Waals surface area contributed by atoms with Gasteiger partial charge in [-0.05, 0) is 48.8 Å². The number of benzene rings is 1. The van der Waals surface area contributed by atoms with Crippen molar-refractivity contribution in [1.29, 1.82) is 0 Å². The Balaban J connectivity index is 1.92. The molecule has 0 radical (unpaired) electrons. The predicted molar refractivity (Wildman–Crippen MR) is 85.0 cm³/mol. The molecule has 1 aliphatic carbocycles. The lowest BCUT2D eigenvalue weighted by Gasteiger charge is -2.28. The first-order valence-electron chi connectivity index (χ1n) is 7.78. The van der Waals surface area contributed by atoms with Crippen molar-refractivity contribution in [1.82, 2.24) is 4.72 Å². The molecule has 0 aromatic heterocycles. The van der Waals surface area contributed by atoms with Crippen molar-refractivity contribution in [2.45, 2.75) is 56.9 Å². The lowest BCUT2D eigenvalue weighted by molar-refractivity contribution is 0.313. The van der Waals surface area contributed by atoms with Crippen molar-refractivity contribution >= 4 is 15.7 Å². The molecule has 116 valence electrons. The fourth-order valence-electron chi connectivity index (χ4n) is 3.53. The van der Waals surface area contributed by atoms with Crippen LogP contribution >= 0.6 is 0 Å². The van der Waals surface area contributed by atoms with Crippen LogP contribution in [0.2, 0.25) is 0 Å². The maximum atomic E-state index is 12.8. The number of anilines is 1. The summed E-state index contributed by atoms with van der Waals surface area (Å²) < 4.78 is 28.6. The monoisotopic (exact) mass is 308 g/mol. The zero-order valence-corrected chi connectivity index (χ0v) is 13.6. The standard InChI is InChI=1S/C16H24N2O2S/c1-16(2)10-4-9-15(16)18-21(19,20)14-8-3-7-13-12(14)6-5-11-17-13/h3,7-8,15,17-18H,4-6,9-11H2,1-2H3. The SMILES string of the molecule is CC1(C)CCCC1NS(=O)(=O)c1cccc2c1CCCN2. The lowest BCUT2D eigenvalue weighted by Crippen LogP contribution is -2.41. The van der Waals surface area contributed by atoms with E-state index in [4.69, 9.17) is 0 Å². The summed E-state index contributed by atoms with van der Waals surface area (Å²) in [4.78, 5) is 0.454. The number of nitrogens with one attached hydrogen (secondary N) is 2. The number of hydrogen-bond donors (Lipinski definition) is 2. The van der Waals surface area contributed by atoms with Gasteiger partial charge in [-0.1, -0.05) is 26.3 Å². The number of hydrogen-bond acceptors (Lipinski definition) is 3. The molecule has 1 atom stereocenters. The molecule has 0 spiro atoms. The molecular formula is C16H24N2O2S. The second-order valence-electron chi connectivity index (χ2n) is 6.87. The normalized spacial score (nSPS) is 24.4. The van der Waals surface area contributed by atoms with E-state index in [1.54, 1.807) is 6.07 Å². The molecular weight excluding hydrogens is 284 g/mol. The summed E-state index contributed by atoms with van der Waals surface area (Å²) in [6, 6.07) is 5.56. The highest BCUT2D eigenvalue weighted by Crippen LogP contribution is 2.38. The summed E-state index contributed by atoms with van der Waals surface area (Å²) in [6.07, 6.45) is 4.91. The molecule has 1 heterocycles. The molecule has 4 nitrogen and oxygen atoms in total. The van der Waals surface area contributed by atoms with E-state index in [1.165, 1.54) is 0 Å². The summed E-state index contributed by atoms with van der Waals surface area (Å²) in [5.74, 6) is 0. The Kier molecular flexibility index (Phi) is 3.74. The van der Waals surface area contributed by atoms with E-state index in [2.05, 4.69) is 23.9 Å². The summed E-state index contributed by atoms with van der Waals surface area (Å²) in [5.41, 5.74) is 1.95. The molecule has 1 unspecified atom stereocenters. The quantitative estimate of drug-likeness (QED) is 0.902. The maximum Gasteiger partial charge on any atom is 0.241 e. The van der Waals surface area contributed by atoms with Gasteiger partial charge < -0.3 is 5.32 Å². The minimum atomic E-state index is -3.45. The molecule has 1 fully saturated rings. The van der Waals surface area contributed by atoms with E-state index in [0.29, 0.717) is 4.90 Å². The Hall–Kier alpha value is -1.07. The van der Waals surface area contributed by atoms with Gasteiger partial charge in [0.25, 0.3) is 0 Å². The first kappa shape index (κ1) is 14.9. The molecule has 3 rings (SSSR count). The van der Waals surface area contributed by atoms with Crippen molar-refractivity contribution in [2.24, 2.45) is 5.41 Å². The Morgan fingerprint density at radius 1 is 1.29 bits per heavy atom. The van der Waals surface area contributed by atoms with E-state index in [1.807, 2.05) is 12.1 Å². The Labute approximate surface area is 127 Å². The summed E-state index contributed by atoms with van der Waals surface area (Å²) in [6.45, 7) is 5.21. The van der Waals surface area contributed by atoms with Gasteiger partial charge in [0.15, 0.2) is 0 Å². The largest absolute Gasteiger partial charge is 0.385 e. The second kappa shape index (κ2) is 5.29. The van der Waals surface area contributed by atoms with Gasteiger partial charge in [-0.2, -0.15) is 0 Å². The molecule has 2 N–H and O–H groups in total. The molecule has 1 saturated carbocycles. The highest BCUT2D eigenvalue weighted by molar-refractivity contribution is 7.89. The molecule has 1 aromatic rings. The van der Waals surface area contributed by atoms with Crippen LogP contribution in [-0.4, -0.2) is 21.0 Å². The molecule has 0 amide bonds. The van der Waals surface area contributed by atoms with Gasteiger partial charge in [-0.3, -0.25) is 0 Å². The van der Waals surface area contributed by atoms with Crippen LogP contribution in [0.15, 0.2) is 23.1 Å². The molecule has 0 bridgehead atoms. The topological polar surface area (TPSA) is 58.2 Å². The maximum absolute atomic E-state index is 12.8. The van der Waals surface area contributed by atoms with E-state index in [0.717, 1.165) is 49.9 Å². The summed E-state index contributed by atoms with van der Waals surface area (Å²) in [7, 11) is -3.45. The fourth-order valence-corrected chi connectivity index (χ4v) is 5.26. The Morgan fingerprint density at radius 2 is 2.10 bits per heavy atom. The first-order chi connectivity index (χ1) is 9.90. The third-order valence-corrected chi connectivity index (χ3v) is 6.45. The van der Waals surface area contributed by atoms with E-state index >= 15 is 0 Å². The van der Waals surface area contributed by atoms with Crippen LogP contribution in [0, 0.1) is 5.41 Å². The minimum Gasteiger partial charge on any atom is -0.385 e. The van der Waals surface area contributed by atoms with Crippen LogP contribution in [0.3, 0.4) is 0 Å². The van der Waals surface area contributed by atoms with Crippen LogP contribution in [0.1, 0.15) is 45.1 Å². The van der Waals surface area contributed by atoms with Crippen molar-refractivity contribution in [2.75, 3.05) is 11.9 Å². The highest BCUT2D eigenvalue weighted by Gasteiger charge is 2.37. The number of fused-ring (bicyclic) bond motifs is 1. The second-order valence-corrected chi connectivity index (χ2v) is 8.55. The van der Waals surface area contributed by atoms with Crippen molar-refractivity contribution < 1.29 is 8.42 Å². The van der Waals surface area contributed by atoms with Crippen molar-refractivity contribution in [3.05, 3.63) is 23.8 Å². The van der Waals surface area contributed by atoms with Crippen LogP contribution < -0.4 is 10.0 Å². The lowest BCUT2D eigenvalue weighted by atomic mass is 9.88. The molecule has 21 heavy (non-hydrogen) atoms. The molecule has 5 heteroatoms. The molecule has 1 aromatic carbocycles. The molecule has 0 saturated heterocycles. The van der Waals surface area contributed by atoms with E-state index < -0.39 is 10.0 Å². The third kappa shape index (κ3) is 2.81. The Bertz CT molecular complexity index is 638. The summed E-state index contributed by atoms with van der Waals surface area (Å²) in [5, 5.41) is 3.29. The van der Waals surface area contributed by atoms with Gasteiger partial charge in [-0.25, -0.2) is 13.1 Å². The van der Waals surface area contributed by atoms with Crippen LogP contribution in [-0.2, 0) is 16.4 Å². The van der Waals surface area contributed by atoms with E-state index in [9.17, 15) is 8.42 Å². The average molecular weight is 308 g/mol. The van der Waals surface area contributed by atoms with Gasteiger partial charge in [0.2, 0.25) is 10.0 Å². The van der Waals surface area contributed by atoms with Gasteiger partial charge >= 0.3 is 0 Å².